The molecule has 0 saturated heterocycles. The van der Waals surface area contributed by atoms with E-state index in [0.29, 0.717) is 5.56 Å². The van der Waals surface area contributed by atoms with Gasteiger partial charge in [0.15, 0.2) is 0 Å². The van der Waals surface area contributed by atoms with E-state index in [2.05, 4.69) is 0 Å². The van der Waals surface area contributed by atoms with E-state index < -0.39 is 17.5 Å². The summed E-state index contributed by atoms with van der Waals surface area (Å²) in [6.45, 7) is 4.83. The minimum Gasteiger partial charge on any atom is -0.549 e. The number of hydrogen-bond acceptors (Lipinski definition) is 3. The zero-order valence-electron chi connectivity index (χ0n) is 10.2. The van der Waals surface area contributed by atoms with Crippen LogP contribution in [0.1, 0.15) is 31.1 Å². The molecule has 0 aromatic heterocycles. The maximum absolute atomic E-state index is 10.8. The maximum Gasteiger partial charge on any atom is 1.00 e. The maximum atomic E-state index is 10.8. The predicted molar refractivity (Wildman–Crippen MR) is 54.9 cm³/mol. The minimum atomic E-state index is -1.28. The van der Waals surface area contributed by atoms with Crippen LogP contribution in [0, 0.1) is 12.3 Å². The van der Waals surface area contributed by atoms with Crippen LogP contribution in [0.25, 0.3) is 0 Å². The van der Waals surface area contributed by atoms with Gasteiger partial charge < -0.3 is 15.0 Å². The molecule has 1 rings (SSSR count). The van der Waals surface area contributed by atoms with Crippen molar-refractivity contribution in [2.24, 2.45) is 5.41 Å². The van der Waals surface area contributed by atoms with E-state index in [-0.39, 0.29) is 51.4 Å². The van der Waals surface area contributed by atoms with E-state index >= 15 is 0 Å². The SMILES string of the molecule is Cc1ccc(C(O)C(C)(C)C(=O)[O-])cc1.[K+]. The number of aliphatic carboxylic acids is 1. The number of carboxylic acid groups (broad SMARTS) is 1. The summed E-state index contributed by atoms with van der Waals surface area (Å²) >= 11 is 0. The number of hydrogen-bond donors (Lipinski definition) is 1. The molecule has 0 aliphatic heterocycles. The zero-order valence-corrected chi connectivity index (χ0v) is 13.3. The number of carbonyl (C=O) groups is 1. The number of aliphatic hydroxyl groups is 1. The second kappa shape index (κ2) is 6.28. The topological polar surface area (TPSA) is 60.4 Å². The van der Waals surface area contributed by atoms with Crippen LogP contribution in [0.5, 0.6) is 0 Å². The van der Waals surface area contributed by atoms with Crippen LogP contribution in [-0.4, -0.2) is 11.1 Å². The molecular weight excluding hydrogens is 231 g/mol. The number of rotatable bonds is 3. The second-order valence-corrected chi connectivity index (χ2v) is 4.32. The Balaban J connectivity index is 0.00000225. The molecule has 0 aliphatic rings. The van der Waals surface area contributed by atoms with Crippen molar-refractivity contribution in [3.05, 3.63) is 35.4 Å². The Morgan fingerprint density at radius 3 is 2.12 bits per heavy atom. The molecule has 0 radical (unpaired) electrons. The zero-order chi connectivity index (χ0) is 11.6. The first-order valence-corrected chi connectivity index (χ1v) is 4.82. The number of carbonyl (C=O) groups excluding carboxylic acids is 1. The molecule has 16 heavy (non-hydrogen) atoms. The average Bonchev–Trinajstić information content (AvgIpc) is 2.17. The number of aryl methyl sites for hydroxylation is 1. The summed E-state index contributed by atoms with van der Waals surface area (Å²) in [4.78, 5) is 10.8. The fourth-order valence-corrected chi connectivity index (χ4v) is 1.28. The summed E-state index contributed by atoms with van der Waals surface area (Å²) in [6.07, 6.45) is -1.05. The van der Waals surface area contributed by atoms with Gasteiger partial charge in [-0.1, -0.05) is 43.7 Å². The average molecular weight is 246 g/mol. The summed E-state index contributed by atoms with van der Waals surface area (Å²) in [5.74, 6) is -1.25. The monoisotopic (exact) mass is 246 g/mol. The number of benzene rings is 1. The molecule has 0 saturated carbocycles. The molecule has 0 aliphatic carbocycles. The Morgan fingerprint density at radius 2 is 1.75 bits per heavy atom. The Hall–Kier alpha value is 0.286. The van der Waals surface area contributed by atoms with Crippen molar-refractivity contribution in [1.29, 1.82) is 0 Å². The molecule has 0 bridgehead atoms. The third-order valence-corrected chi connectivity index (χ3v) is 2.60. The normalized spacial score (nSPS) is 12.8. The van der Waals surface area contributed by atoms with Crippen molar-refractivity contribution in [3.63, 3.8) is 0 Å². The van der Waals surface area contributed by atoms with E-state index in [0.717, 1.165) is 5.56 Å². The van der Waals surface area contributed by atoms with Crippen molar-refractivity contribution >= 4 is 5.97 Å². The van der Waals surface area contributed by atoms with Crippen LogP contribution in [0.4, 0.5) is 0 Å². The molecule has 0 spiro atoms. The predicted octanol–water partition coefficient (Wildman–Crippen LogP) is -2.19. The third kappa shape index (κ3) is 3.65. The van der Waals surface area contributed by atoms with Gasteiger partial charge in [0.25, 0.3) is 0 Å². The molecule has 1 N–H and O–H groups in total. The van der Waals surface area contributed by atoms with Gasteiger partial charge >= 0.3 is 51.4 Å². The van der Waals surface area contributed by atoms with Crippen molar-refractivity contribution in [1.82, 2.24) is 0 Å². The first-order chi connectivity index (χ1) is 6.85. The molecule has 1 atom stereocenters. The van der Waals surface area contributed by atoms with E-state index in [1.807, 2.05) is 19.1 Å². The molecule has 0 heterocycles. The Bertz CT molecular complexity index is 357. The van der Waals surface area contributed by atoms with Crippen molar-refractivity contribution in [2.75, 3.05) is 0 Å². The van der Waals surface area contributed by atoms with Gasteiger partial charge in [-0.25, -0.2) is 0 Å². The van der Waals surface area contributed by atoms with E-state index in [9.17, 15) is 15.0 Å². The van der Waals surface area contributed by atoms with Crippen molar-refractivity contribution < 1.29 is 66.4 Å². The van der Waals surface area contributed by atoms with Gasteiger partial charge in [0.1, 0.15) is 0 Å². The fraction of sp³-hybridized carbons (Fsp3) is 0.417. The third-order valence-electron chi connectivity index (χ3n) is 2.60. The molecule has 1 aromatic rings. The molecule has 0 fully saturated rings. The molecule has 0 amide bonds. The quantitative estimate of drug-likeness (QED) is 0.616. The molecule has 1 unspecified atom stereocenters. The van der Waals surface area contributed by atoms with Crippen LogP contribution in [-0.2, 0) is 4.79 Å². The van der Waals surface area contributed by atoms with Crippen LogP contribution >= 0.6 is 0 Å². The fourth-order valence-electron chi connectivity index (χ4n) is 1.28. The van der Waals surface area contributed by atoms with Crippen LogP contribution in [0.3, 0.4) is 0 Å². The van der Waals surface area contributed by atoms with E-state index in [4.69, 9.17) is 0 Å². The van der Waals surface area contributed by atoms with Gasteiger partial charge in [-0.2, -0.15) is 0 Å². The largest absolute Gasteiger partial charge is 1.00 e. The van der Waals surface area contributed by atoms with Gasteiger partial charge in [-0.15, -0.1) is 0 Å². The molecule has 4 heteroatoms. The van der Waals surface area contributed by atoms with Gasteiger partial charge in [0.05, 0.1) is 6.10 Å². The number of carboxylic acids is 1. The Morgan fingerprint density at radius 1 is 1.31 bits per heavy atom. The summed E-state index contributed by atoms with van der Waals surface area (Å²) in [7, 11) is 0. The smallest absolute Gasteiger partial charge is 0.549 e. The van der Waals surface area contributed by atoms with Gasteiger partial charge in [-0.3, -0.25) is 0 Å². The first kappa shape index (κ1) is 16.3. The summed E-state index contributed by atoms with van der Waals surface area (Å²) in [5, 5.41) is 20.7. The summed E-state index contributed by atoms with van der Waals surface area (Å²) < 4.78 is 0. The molecular formula is C12H15KO3. The Labute approximate surface area is 138 Å². The molecule has 3 nitrogen and oxygen atoms in total. The van der Waals surface area contributed by atoms with Gasteiger partial charge in [-0.05, 0) is 12.5 Å². The van der Waals surface area contributed by atoms with Crippen molar-refractivity contribution in [3.8, 4) is 0 Å². The van der Waals surface area contributed by atoms with Crippen LogP contribution in [0.2, 0.25) is 0 Å². The molecule has 82 valence electrons. The first-order valence-electron chi connectivity index (χ1n) is 4.82. The Kier molecular flexibility index (Phi) is 6.39. The van der Waals surface area contributed by atoms with Crippen LogP contribution < -0.4 is 56.5 Å². The van der Waals surface area contributed by atoms with E-state index in [1.165, 1.54) is 13.8 Å². The van der Waals surface area contributed by atoms with Gasteiger partial charge in [0.2, 0.25) is 0 Å². The summed E-state index contributed by atoms with van der Waals surface area (Å²) in [6, 6.07) is 7.13. The number of aliphatic hydroxyl groups excluding tert-OH is 1. The van der Waals surface area contributed by atoms with E-state index in [1.54, 1.807) is 12.1 Å². The van der Waals surface area contributed by atoms with Crippen molar-refractivity contribution in [2.45, 2.75) is 26.9 Å². The van der Waals surface area contributed by atoms with Crippen LogP contribution in [0.15, 0.2) is 24.3 Å². The minimum absolute atomic E-state index is 0. The van der Waals surface area contributed by atoms with Gasteiger partial charge in [0, 0.05) is 11.4 Å². The standard InChI is InChI=1S/C12H16O3.K/c1-8-4-6-9(7-5-8)10(13)12(2,3)11(14)15;/h4-7,10,13H,1-3H3,(H,14,15);/q;+1/p-1. The summed E-state index contributed by atoms with van der Waals surface area (Å²) in [5.41, 5.74) is 0.377. The second-order valence-electron chi connectivity index (χ2n) is 4.32. The molecule has 1 aromatic carbocycles.